The van der Waals surface area contributed by atoms with Gasteiger partial charge in [0.25, 0.3) is 0 Å². The van der Waals surface area contributed by atoms with Crippen molar-refractivity contribution in [3.05, 3.63) is 29.8 Å². The van der Waals surface area contributed by atoms with Crippen molar-refractivity contribution in [2.45, 2.75) is 18.8 Å². The van der Waals surface area contributed by atoms with Crippen molar-refractivity contribution in [2.24, 2.45) is 5.92 Å². The molecule has 3 heteroatoms. The molecule has 0 aliphatic carbocycles. The quantitative estimate of drug-likeness (QED) is 0.750. The summed E-state index contributed by atoms with van der Waals surface area (Å²) in [6, 6.07) is 7.72. The van der Waals surface area contributed by atoms with E-state index in [0.29, 0.717) is 6.61 Å². The maximum absolute atomic E-state index is 11.4. The van der Waals surface area contributed by atoms with E-state index >= 15 is 0 Å². The van der Waals surface area contributed by atoms with Crippen LogP contribution in [0.1, 0.15) is 24.3 Å². The number of rotatable bonds is 4. The maximum atomic E-state index is 11.4. The van der Waals surface area contributed by atoms with E-state index in [-0.39, 0.29) is 11.8 Å². The first kappa shape index (κ1) is 12.1. The summed E-state index contributed by atoms with van der Waals surface area (Å²) in [6.45, 7) is 1.48. The molecule has 1 aliphatic rings. The molecule has 0 saturated carbocycles. The molecule has 0 amide bonds. The lowest BCUT2D eigenvalue weighted by Gasteiger charge is -2.27. The van der Waals surface area contributed by atoms with Crippen LogP contribution >= 0.6 is 0 Å². The van der Waals surface area contributed by atoms with E-state index in [1.54, 1.807) is 7.11 Å². The second-order valence-electron chi connectivity index (χ2n) is 4.38. The number of para-hydroxylation sites is 1. The van der Waals surface area contributed by atoms with Crippen molar-refractivity contribution in [3.63, 3.8) is 0 Å². The number of methoxy groups -OCH3 is 1. The highest BCUT2D eigenvalue weighted by Crippen LogP contribution is 2.34. The Labute approximate surface area is 102 Å². The van der Waals surface area contributed by atoms with Crippen LogP contribution in [0.25, 0.3) is 0 Å². The van der Waals surface area contributed by atoms with E-state index in [4.69, 9.17) is 9.47 Å². The number of carbonyl (C=O) groups excluding carboxylic acids is 1. The van der Waals surface area contributed by atoms with E-state index in [1.807, 2.05) is 24.3 Å². The van der Waals surface area contributed by atoms with Crippen molar-refractivity contribution in [1.29, 1.82) is 0 Å². The molecule has 0 bridgehead atoms. The minimum absolute atomic E-state index is 0.119. The summed E-state index contributed by atoms with van der Waals surface area (Å²) in [7, 11) is 1.64. The Hall–Kier alpha value is -1.35. The molecule has 0 aromatic heterocycles. The molecular weight excluding hydrogens is 216 g/mol. The Kier molecular flexibility index (Phi) is 4.15. The van der Waals surface area contributed by atoms with E-state index < -0.39 is 0 Å². The summed E-state index contributed by atoms with van der Waals surface area (Å²) in [5.74, 6) is 0.944. The molecule has 17 heavy (non-hydrogen) atoms. The summed E-state index contributed by atoms with van der Waals surface area (Å²) in [4.78, 5) is 11.4. The number of aldehydes is 1. The molecule has 1 aromatic carbocycles. The maximum Gasteiger partial charge on any atom is 0.127 e. The van der Waals surface area contributed by atoms with Crippen LogP contribution in [0.2, 0.25) is 0 Å². The highest BCUT2D eigenvalue weighted by atomic mass is 16.5. The standard InChI is InChI=1S/C14H18O3/c1-16-14-7-3-2-6-12(14)13(9-15)11-5-4-8-17-10-11/h2-3,6-7,9,11,13H,4-5,8,10H2,1H3. The first-order chi connectivity index (χ1) is 8.36. The Morgan fingerprint density at radius 2 is 2.29 bits per heavy atom. The lowest BCUT2D eigenvalue weighted by molar-refractivity contribution is -0.111. The van der Waals surface area contributed by atoms with Gasteiger partial charge >= 0.3 is 0 Å². The Morgan fingerprint density at radius 3 is 2.94 bits per heavy atom. The van der Waals surface area contributed by atoms with Gasteiger partial charge in [0.2, 0.25) is 0 Å². The van der Waals surface area contributed by atoms with Crippen molar-refractivity contribution in [1.82, 2.24) is 0 Å². The molecule has 2 atom stereocenters. The second kappa shape index (κ2) is 5.82. The van der Waals surface area contributed by atoms with Crippen molar-refractivity contribution in [3.8, 4) is 5.75 Å². The fraction of sp³-hybridized carbons (Fsp3) is 0.500. The topological polar surface area (TPSA) is 35.5 Å². The summed E-state index contributed by atoms with van der Waals surface area (Å²) < 4.78 is 10.8. The lowest BCUT2D eigenvalue weighted by Crippen LogP contribution is -2.25. The first-order valence-electron chi connectivity index (χ1n) is 6.02. The van der Waals surface area contributed by atoms with Crippen LogP contribution in [0.5, 0.6) is 5.75 Å². The third-order valence-electron chi connectivity index (χ3n) is 3.35. The van der Waals surface area contributed by atoms with Crippen molar-refractivity contribution < 1.29 is 14.3 Å². The fourth-order valence-corrected chi connectivity index (χ4v) is 2.43. The van der Waals surface area contributed by atoms with Crippen LogP contribution in [0, 0.1) is 5.92 Å². The van der Waals surface area contributed by atoms with Crippen molar-refractivity contribution in [2.75, 3.05) is 20.3 Å². The average Bonchev–Trinajstić information content (AvgIpc) is 2.41. The summed E-state index contributed by atoms with van der Waals surface area (Å²) >= 11 is 0. The summed E-state index contributed by atoms with van der Waals surface area (Å²) in [5, 5.41) is 0. The van der Waals surface area contributed by atoms with E-state index in [0.717, 1.165) is 37.0 Å². The predicted octanol–water partition coefficient (Wildman–Crippen LogP) is 2.40. The van der Waals surface area contributed by atoms with E-state index in [9.17, 15) is 4.79 Å². The molecule has 2 unspecified atom stereocenters. The SMILES string of the molecule is COc1ccccc1C(C=O)C1CCCOC1. The first-order valence-corrected chi connectivity index (χ1v) is 6.02. The van der Waals surface area contributed by atoms with Gasteiger partial charge in [-0.15, -0.1) is 0 Å². The molecule has 3 nitrogen and oxygen atoms in total. The molecular formula is C14H18O3. The number of ether oxygens (including phenoxy) is 2. The van der Waals surface area contributed by atoms with Gasteiger partial charge in [0.15, 0.2) is 0 Å². The molecule has 1 fully saturated rings. The zero-order chi connectivity index (χ0) is 12.1. The average molecular weight is 234 g/mol. The molecule has 0 radical (unpaired) electrons. The molecule has 0 spiro atoms. The smallest absolute Gasteiger partial charge is 0.127 e. The van der Waals surface area contributed by atoms with E-state index in [2.05, 4.69) is 0 Å². The van der Waals surface area contributed by atoms with Gasteiger partial charge in [-0.3, -0.25) is 0 Å². The monoisotopic (exact) mass is 234 g/mol. The van der Waals surface area contributed by atoms with E-state index in [1.165, 1.54) is 0 Å². The van der Waals surface area contributed by atoms with Gasteiger partial charge in [-0.1, -0.05) is 18.2 Å². The zero-order valence-electron chi connectivity index (χ0n) is 10.1. The molecule has 0 N–H and O–H groups in total. The van der Waals surface area contributed by atoms with Crippen LogP contribution in [-0.4, -0.2) is 26.6 Å². The van der Waals surface area contributed by atoms with Gasteiger partial charge in [0.05, 0.1) is 13.7 Å². The fourth-order valence-electron chi connectivity index (χ4n) is 2.43. The number of hydrogen-bond donors (Lipinski definition) is 0. The van der Waals surface area contributed by atoms with Gasteiger partial charge in [0, 0.05) is 18.1 Å². The Balaban J connectivity index is 2.24. The lowest BCUT2D eigenvalue weighted by atomic mass is 9.83. The van der Waals surface area contributed by atoms with Gasteiger partial charge < -0.3 is 14.3 Å². The third kappa shape index (κ3) is 2.67. The van der Waals surface area contributed by atoms with Crippen LogP contribution in [0.3, 0.4) is 0 Å². The molecule has 1 aliphatic heterocycles. The van der Waals surface area contributed by atoms with Crippen molar-refractivity contribution >= 4 is 6.29 Å². The Morgan fingerprint density at radius 1 is 1.47 bits per heavy atom. The molecule has 1 heterocycles. The molecule has 92 valence electrons. The van der Waals surface area contributed by atoms with Crippen LogP contribution in [-0.2, 0) is 9.53 Å². The zero-order valence-corrected chi connectivity index (χ0v) is 10.1. The minimum Gasteiger partial charge on any atom is -0.496 e. The number of carbonyl (C=O) groups is 1. The minimum atomic E-state index is -0.119. The third-order valence-corrected chi connectivity index (χ3v) is 3.35. The highest BCUT2D eigenvalue weighted by Gasteiger charge is 2.27. The number of hydrogen-bond acceptors (Lipinski definition) is 3. The van der Waals surface area contributed by atoms with Gasteiger partial charge in [-0.05, 0) is 24.8 Å². The largest absolute Gasteiger partial charge is 0.496 e. The molecule has 1 aromatic rings. The van der Waals surface area contributed by atoms with Gasteiger partial charge in [-0.2, -0.15) is 0 Å². The Bertz CT molecular complexity index is 369. The van der Waals surface area contributed by atoms with Gasteiger partial charge in [-0.25, -0.2) is 0 Å². The van der Waals surface area contributed by atoms with Crippen LogP contribution < -0.4 is 4.74 Å². The van der Waals surface area contributed by atoms with Crippen LogP contribution in [0.15, 0.2) is 24.3 Å². The summed E-state index contributed by atoms with van der Waals surface area (Å²) in [5.41, 5.74) is 0.973. The number of benzene rings is 1. The van der Waals surface area contributed by atoms with Gasteiger partial charge in [0.1, 0.15) is 12.0 Å². The normalized spacial score (nSPS) is 21.8. The molecule has 2 rings (SSSR count). The summed E-state index contributed by atoms with van der Waals surface area (Å²) in [6.07, 6.45) is 3.10. The predicted molar refractivity (Wildman–Crippen MR) is 65.3 cm³/mol. The highest BCUT2D eigenvalue weighted by molar-refractivity contribution is 5.65. The van der Waals surface area contributed by atoms with Crippen LogP contribution in [0.4, 0.5) is 0 Å². The second-order valence-corrected chi connectivity index (χ2v) is 4.38. The molecule has 1 saturated heterocycles.